The largest absolute Gasteiger partial charge is 0.507 e. The van der Waals surface area contributed by atoms with Crippen molar-refractivity contribution in [1.82, 2.24) is 10.3 Å². The number of carbonyl (C=O) groups is 1. The second-order valence-corrected chi connectivity index (χ2v) is 12.2. The Bertz CT molecular complexity index is 1390. The van der Waals surface area contributed by atoms with Crippen LogP contribution in [-0.2, 0) is 30.1 Å². The summed E-state index contributed by atoms with van der Waals surface area (Å²) in [6.45, 7) is 13.4. The Hall–Kier alpha value is -3.73. The van der Waals surface area contributed by atoms with E-state index >= 15 is 0 Å². The number of rotatable bonds is 7. The van der Waals surface area contributed by atoms with Crippen molar-refractivity contribution in [1.29, 1.82) is 0 Å². The van der Waals surface area contributed by atoms with Crippen LogP contribution in [0.4, 0.5) is 10.5 Å². The van der Waals surface area contributed by atoms with E-state index < -0.39 is 0 Å². The lowest BCUT2D eigenvalue weighted by Gasteiger charge is -2.28. The number of benzene rings is 3. The first-order valence-electron chi connectivity index (χ1n) is 13.5. The van der Waals surface area contributed by atoms with Crippen LogP contribution in [0.3, 0.4) is 0 Å². The normalized spacial score (nSPS) is 12.1. The molecule has 0 atom stereocenters. The molecule has 0 bridgehead atoms. The van der Waals surface area contributed by atoms with Crippen molar-refractivity contribution in [2.45, 2.75) is 71.6 Å². The second-order valence-electron chi connectivity index (χ2n) is 12.2. The molecule has 0 fully saturated rings. The van der Waals surface area contributed by atoms with E-state index in [-0.39, 0.29) is 16.9 Å². The summed E-state index contributed by atoms with van der Waals surface area (Å²) in [5, 5.41) is 18.3. The van der Waals surface area contributed by atoms with E-state index in [1.54, 1.807) is 0 Å². The van der Waals surface area contributed by atoms with Crippen LogP contribution >= 0.6 is 0 Å². The molecule has 5 heteroatoms. The Balaban J connectivity index is 1.42. The molecule has 0 aliphatic rings. The number of carbonyl (C=O) groups excluding carboxylic acids is 1. The number of aryl methyl sites for hydroxylation is 2. The molecule has 0 saturated heterocycles. The molecule has 4 N–H and O–H groups in total. The van der Waals surface area contributed by atoms with E-state index in [2.05, 4.69) is 87.5 Å². The van der Waals surface area contributed by atoms with Crippen molar-refractivity contribution < 1.29 is 9.90 Å². The van der Waals surface area contributed by atoms with Crippen LogP contribution in [0, 0.1) is 0 Å². The first-order chi connectivity index (χ1) is 17.9. The van der Waals surface area contributed by atoms with Crippen LogP contribution in [0.15, 0.2) is 66.9 Å². The molecule has 1 aromatic heterocycles. The summed E-state index contributed by atoms with van der Waals surface area (Å²) in [5.74, 6) is 0.403. The number of amides is 2. The lowest BCUT2D eigenvalue weighted by Crippen LogP contribution is -2.30. The molecule has 0 spiro atoms. The van der Waals surface area contributed by atoms with Gasteiger partial charge in [0.05, 0.1) is 0 Å². The standard InChI is InChI=1S/C33H41N3O2/c1-32(2,3)26-19-22(20-27(30(26)37)33(4,5)6)15-16-23-11-7-9-13-28(23)36-31(38)34-18-17-24-21-35-29-14-10-8-12-25(24)29/h7-14,19-21,35,37H,15-18H2,1-6H3,(H2,34,36,38). The van der Waals surface area contributed by atoms with E-state index in [0.29, 0.717) is 12.3 Å². The van der Waals surface area contributed by atoms with Gasteiger partial charge in [-0.05, 0) is 70.0 Å². The summed E-state index contributed by atoms with van der Waals surface area (Å²) < 4.78 is 0. The van der Waals surface area contributed by atoms with Crippen LogP contribution < -0.4 is 10.6 Å². The predicted molar refractivity (Wildman–Crippen MR) is 158 cm³/mol. The molecule has 0 unspecified atom stereocenters. The monoisotopic (exact) mass is 511 g/mol. The third-order valence-electron chi connectivity index (χ3n) is 7.09. The topological polar surface area (TPSA) is 77.2 Å². The second kappa shape index (κ2) is 10.9. The fourth-order valence-electron chi connectivity index (χ4n) is 4.94. The highest BCUT2D eigenvalue weighted by Crippen LogP contribution is 2.40. The number of hydrogen-bond acceptors (Lipinski definition) is 2. The smallest absolute Gasteiger partial charge is 0.319 e. The van der Waals surface area contributed by atoms with Gasteiger partial charge in [-0.3, -0.25) is 0 Å². The first-order valence-corrected chi connectivity index (χ1v) is 13.5. The van der Waals surface area contributed by atoms with Crippen molar-refractivity contribution in [2.24, 2.45) is 0 Å². The fourth-order valence-corrected chi connectivity index (χ4v) is 4.94. The summed E-state index contributed by atoms with van der Waals surface area (Å²) in [6.07, 6.45) is 4.36. The maximum Gasteiger partial charge on any atom is 0.319 e. The third-order valence-corrected chi connectivity index (χ3v) is 7.09. The number of urea groups is 1. The number of aromatic nitrogens is 1. The number of fused-ring (bicyclic) bond motifs is 1. The summed E-state index contributed by atoms with van der Waals surface area (Å²) >= 11 is 0. The Morgan fingerprint density at radius 3 is 2.13 bits per heavy atom. The minimum Gasteiger partial charge on any atom is -0.507 e. The number of aromatic amines is 1. The molecular weight excluding hydrogens is 470 g/mol. The number of para-hydroxylation sites is 2. The molecule has 0 saturated carbocycles. The highest BCUT2D eigenvalue weighted by molar-refractivity contribution is 5.90. The van der Waals surface area contributed by atoms with Gasteiger partial charge in [-0.25, -0.2) is 4.79 Å². The maximum atomic E-state index is 12.7. The predicted octanol–water partition coefficient (Wildman–Crippen LogP) is 7.62. The lowest BCUT2D eigenvalue weighted by atomic mass is 9.78. The average molecular weight is 512 g/mol. The summed E-state index contributed by atoms with van der Waals surface area (Å²) in [7, 11) is 0. The summed E-state index contributed by atoms with van der Waals surface area (Å²) in [6, 6.07) is 20.2. The zero-order chi connectivity index (χ0) is 27.5. The molecule has 38 heavy (non-hydrogen) atoms. The number of hydrogen-bond donors (Lipinski definition) is 4. The number of nitrogens with one attached hydrogen (secondary N) is 3. The van der Waals surface area contributed by atoms with Crippen molar-refractivity contribution >= 4 is 22.6 Å². The molecule has 0 radical (unpaired) electrons. The molecule has 4 aromatic rings. The van der Waals surface area contributed by atoms with E-state index in [9.17, 15) is 9.90 Å². The van der Waals surface area contributed by atoms with Crippen molar-refractivity contribution in [3.05, 3.63) is 94.7 Å². The van der Waals surface area contributed by atoms with Gasteiger partial charge >= 0.3 is 6.03 Å². The Morgan fingerprint density at radius 1 is 0.816 bits per heavy atom. The van der Waals surface area contributed by atoms with Crippen LogP contribution in [-0.4, -0.2) is 22.7 Å². The molecule has 0 aliphatic carbocycles. The molecule has 3 aromatic carbocycles. The van der Waals surface area contributed by atoms with Gasteiger partial charge in [-0.1, -0.05) is 90.1 Å². The van der Waals surface area contributed by atoms with Gasteiger partial charge < -0.3 is 20.7 Å². The zero-order valence-electron chi connectivity index (χ0n) is 23.5. The van der Waals surface area contributed by atoms with Gasteiger partial charge in [0.2, 0.25) is 0 Å². The Morgan fingerprint density at radius 2 is 1.45 bits per heavy atom. The van der Waals surface area contributed by atoms with Gasteiger partial charge in [0.15, 0.2) is 0 Å². The minimum absolute atomic E-state index is 0.162. The molecule has 0 aliphatic heterocycles. The molecule has 200 valence electrons. The number of phenolic OH excluding ortho intramolecular Hbond substituents is 1. The molecule has 2 amide bonds. The Labute approximate surface area is 226 Å². The van der Waals surface area contributed by atoms with Gasteiger partial charge in [0.1, 0.15) is 5.75 Å². The number of H-pyrrole nitrogens is 1. The summed E-state index contributed by atoms with van der Waals surface area (Å²) in [4.78, 5) is 16.0. The zero-order valence-corrected chi connectivity index (χ0v) is 23.5. The van der Waals surface area contributed by atoms with Crippen molar-refractivity contribution in [3.63, 3.8) is 0 Å². The van der Waals surface area contributed by atoms with E-state index in [4.69, 9.17) is 0 Å². The SMILES string of the molecule is CC(C)(C)c1cc(CCc2ccccc2NC(=O)NCCc2c[nH]c3ccccc23)cc(C(C)(C)C)c1O. The van der Waals surface area contributed by atoms with E-state index in [1.165, 1.54) is 16.5 Å². The lowest BCUT2D eigenvalue weighted by molar-refractivity contribution is 0.252. The van der Waals surface area contributed by atoms with Gasteiger partial charge in [0, 0.05) is 29.3 Å². The van der Waals surface area contributed by atoms with Crippen molar-refractivity contribution in [2.75, 3.05) is 11.9 Å². The van der Waals surface area contributed by atoms with Crippen LogP contribution in [0.25, 0.3) is 10.9 Å². The van der Waals surface area contributed by atoms with Crippen LogP contribution in [0.1, 0.15) is 69.4 Å². The minimum atomic E-state index is -0.202. The molecule has 5 nitrogen and oxygen atoms in total. The van der Waals surface area contributed by atoms with E-state index in [1.807, 2.05) is 36.5 Å². The van der Waals surface area contributed by atoms with Gasteiger partial charge in [-0.2, -0.15) is 0 Å². The fraction of sp³-hybridized carbons (Fsp3) is 0.364. The molecule has 4 rings (SSSR count). The third kappa shape index (κ3) is 6.39. The number of aromatic hydroxyl groups is 1. The van der Waals surface area contributed by atoms with Gasteiger partial charge in [-0.15, -0.1) is 0 Å². The number of anilines is 1. The highest BCUT2D eigenvalue weighted by Gasteiger charge is 2.26. The van der Waals surface area contributed by atoms with Crippen molar-refractivity contribution in [3.8, 4) is 5.75 Å². The molecule has 1 heterocycles. The molecular formula is C33H41N3O2. The van der Waals surface area contributed by atoms with Gasteiger partial charge in [0.25, 0.3) is 0 Å². The summed E-state index contributed by atoms with van der Waals surface area (Å²) in [5.41, 5.74) is 7.02. The maximum absolute atomic E-state index is 12.7. The quantitative estimate of drug-likeness (QED) is 0.206. The van der Waals surface area contributed by atoms with Crippen LogP contribution in [0.2, 0.25) is 0 Å². The first kappa shape index (κ1) is 27.3. The Kier molecular flexibility index (Phi) is 7.86. The number of phenols is 1. The van der Waals surface area contributed by atoms with E-state index in [0.717, 1.165) is 47.2 Å². The average Bonchev–Trinajstić information content (AvgIpc) is 3.26. The highest BCUT2D eigenvalue weighted by atomic mass is 16.3. The van der Waals surface area contributed by atoms with Crippen LogP contribution in [0.5, 0.6) is 5.75 Å².